The number of carbonyl (C=O) groups excluding carboxylic acids is 1. The average molecular weight is 577 g/mol. The van der Waals surface area contributed by atoms with Crippen molar-refractivity contribution in [2.45, 2.75) is 44.7 Å². The lowest BCUT2D eigenvalue weighted by atomic mass is 9.80. The molecule has 11 heteroatoms. The quantitative estimate of drug-likeness (QED) is 0.470. The molecule has 0 saturated carbocycles. The lowest BCUT2D eigenvalue weighted by Crippen LogP contribution is -2.49. The largest absolute Gasteiger partial charge is 0.459 e. The van der Waals surface area contributed by atoms with Gasteiger partial charge in [0.1, 0.15) is 0 Å². The van der Waals surface area contributed by atoms with E-state index in [-0.39, 0.29) is 31.0 Å². The van der Waals surface area contributed by atoms with Gasteiger partial charge in [-0.15, -0.1) is 0 Å². The zero-order valence-electron chi connectivity index (χ0n) is 22.9. The molecule has 2 aromatic rings. The molecule has 1 amide bonds. The van der Waals surface area contributed by atoms with Crippen molar-refractivity contribution in [3.05, 3.63) is 71.0 Å². The molecule has 0 unspecified atom stereocenters. The van der Waals surface area contributed by atoms with Crippen LogP contribution in [0.2, 0.25) is 0 Å². The van der Waals surface area contributed by atoms with Crippen LogP contribution in [0.5, 0.6) is 11.5 Å². The number of alkyl halides is 3. The first-order valence-corrected chi connectivity index (χ1v) is 13.9. The molecule has 0 aromatic heterocycles. The van der Waals surface area contributed by atoms with Crippen LogP contribution in [0.1, 0.15) is 42.4 Å². The number of allylic oxidation sites excluding steroid dienone is 1. The van der Waals surface area contributed by atoms with Crippen LogP contribution in [0.25, 0.3) is 0 Å². The summed E-state index contributed by atoms with van der Waals surface area (Å²) in [7, 11) is 0. The monoisotopic (exact) mass is 576 g/mol. The van der Waals surface area contributed by atoms with E-state index in [4.69, 9.17) is 18.9 Å². The summed E-state index contributed by atoms with van der Waals surface area (Å²) in [4.78, 5) is 17.6. The number of ether oxygens (including phenoxy) is 4. The van der Waals surface area contributed by atoms with Crippen molar-refractivity contribution in [3.63, 3.8) is 0 Å². The first-order chi connectivity index (χ1) is 19.8. The van der Waals surface area contributed by atoms with Crippen LogP contribution in [0.15, 0.2) is 54.3 Å². The molecular weight excluding hydrogens is 541 g/mol. The number of halogens is 3. The highest BCUT2D eigenvalue weighted by molar-refractivity contribution is 5.92. The van der Waals surface area contributed by atoms with Crippen LogP contribution in [0.4, 0.5) is 13.2 Å². The van der Waals surface area contributed by atoms with E-state index in [2.05, 4.69) is 4.90 Å². The van der Waals surface area contributed by atoms with E-state index in [1.807, 2.05) is 25.1 Å². The summed E-state index contributed by atoms with van der Waals surface area (Å²) in [5.74, 6) is 0.645. The smallest absolute Gasteiger partial charge is 0.416 e. The number of aliphatic hydroxyl groups is 1. The van der Waals surface area contributed by atoms with Crippen LogP contribution in [0, 0.1) is 5.92 Å². The third kappa shape index (κ3) is 6.79. The van der Waals surface area contributed by atoms with Gasteiger partial charge in [-0.05, 0) is 61.2 Å². The minimum absolute atomic E-state index is 0.0406. The third-order valence-corrected chi connectivity index (χ3v) is 7.75. The van der Waals surface area contributed by atoms with Gasteiger partial charge in [-0.25, -0.2) is 0 Å². The Morgan fingerprint density at radius 3 is 2.46 bits per heavy atom. The number of fused-ring (bicyclic) bond motifs is 1. The zero-order chi connectivity index (χ0) is 29.0. The molecule has 5 rings (SSSR count). The number of nitrogens with zero attached hydrogens (tertiary/aromatic N) is 2. The standard InChI is InChI=1S/C30H35F3N2O6/c1-2-38-29-23(4-3-15-36)24(21-6-8-22(9-7-21)30(31,32)33)17-27(41-29)28(37)35-13-11-34(12-14-35)18-20-5-10-25-26(16-20)40-19-39-25/h5-10,16-17,23-24,29,36H,2-4,11-15,18-19H2,1H3/t23-,24-,29-/m1/s1. The van der Waals surface area contributed by atoms with E-state index >= 15 is 0 Å². The Morgan fingerprint density at radius 1 is 1.05 bits per heavy atom. The molecular formula is C30H35F3N2O6. The Labute approximate surface area is 237 Å². The lowest BCUT2D eigenvalue weighted by molar-refractivity contribution is -0.171. The van der Waals surface area contributed by atoms with Gasteiger partial charge in [0.15, 0.2) is 17.3 Å². The van der Waals surface area contributed by atoms with Crippen molar-refractivity contribution in [1.82, 2.24) is 9.80 Å². The van der Waals surface area contributed by atoms with Gasteiger partial charge in [-0.3, -0.25) is 9.69 Å². The molecule has 3 heterocycles. The normalized spacial score (nSPS) is 22.8. The number of aliphatic hydroxyl groups excluding tert-OH is 1. The fourth-order valence-electron chi connectivity index (χ4n) is 5.59. The number of amides is 1. The Balaban J connectivity index is 1.30. The summed E-state index contributed by atoms with van der Waals surface area (Å²) in [6, 6.07) is 10.9. The van der Waals surface area contributed by atoms with Crippen molar-refractivity contribution in [3.8, 4) is 11.5 Å². The van der Waals surface area contributed by atoms with Crippen LogP contribution >= 0.6 is 0 Å². The maximum atomic E-state index is 13.6. The van der Waals surface area contributed by atoms with E-state index in [0.29, 0.717) is 57.7 Å². The van der Waals surface area contributed by atoms with E-state index in [9.17, 15) is 23.1 Å². The molecule has 3 atom stereocenters. The minimum atomic E-state index is -4.44. The second kappa shape index (κ2) is 12.7. The molecule has 41 heavy (non-hydrogen) atoms. The molecule has 0 spiro atoms. The molecule has 0 bridgehead atoms. The summed E-state index contributed by atoms with van der Waals surface area (Å²) in [6.07, 6.45) is -2.52. The molecule has 0 radical (unpaired) electrons. The average Bonchev–Trinajstić information content (AvgIpc) is 3.44. The number of hydrogen-bond donors (Lipinski definition) is 1. The maximum absolute atomic E-state index is 13.6. The highest BCUT2D eigenvalue weighted by atomic mass is 19.4. The molecule has 1 fully saturated rings. The van der Waals surface area contributed by atoms with Crippen LogP contribution < -0.4 is 9.47 Å². The van der Waals surface area contributed by atoms with Crippen molar-refractivity contribution in [1.29, 1.82) is 0 Å². The fourth-order valence-corrected chi connectivity index (χ4v) is 5.59. The predicted octanol–water partition coefficient (Wildman–Crippen LogP) is 4.53. The van der Waals surface area contributed by atoms with E-state index in [1.54, 1.807) is 11.0 Å². The Kier molecular flexibility index (Phi) is 9.06. The number of hydrogen-bond acceptors (Lipinski definition) is 7. The van der Waals surface area contributed by atoms with E-state index in [0.717, 1.165) is 29.2 Å². The second-order valence-electron chi connectivity index (χ2n) is 10.4. The van der Waals surface area contributed by atoms with Crippen molar-refractivity contribution >= 4 is 5.91 Å². The summed E-state index contributed by atoms with van der Waals surface area (Å²) >= 11 is 0. The highest BCUT2D eigenvalue weighted by Crippen LogP contribution is 2.41. The maximum Gasteiger partial charge on any atom is 0.416 e. The highest BCUT2D eigenvalue weighted by Gasteiger charge is 2.39. The zero-order valence-corrected chi connectivity index (χ0v) is 22.9. The van der Waals surface area contributed by atoms with Gasteiger partial charge in [-0.2, -0.15) is 13.2 Å². The van der Waals surface area contributed by atoms with Gasteiger partial charge >= 0.3 is 6.18 Å². The molecule has 3 aliphatic rings. The molecule has 222 valence electrons. The summed E-state index contributed by atoms with van der Waals surface area (Å²) < 4.78 is 62.4. The Bertz CT molecular complexity index is 1230. The van der Waals surface area contributed by atoms with Crippen LogP contribution in [-0.4, -0.2) is 73.3 Å². The van der Waals surface area contributed by atoms with E-state index < -0.39 is 23.9 Å². The lowest BCUT2D eigenvalue weighted by Gasteiger charge is -2.39. The SMILES string of the molecule is CCO[C@@H]1OC(C(=O)N2CCN(Cc3ccc4c(c3)OCO4)CC2)=C[C@H](c2ccc(C(F)(F)F)cc2)[C@H]1CCCO. The molecule has 2 aromatic carbocycles. The first-order valence-electron chi connectivity index (χ1n) is 13.9. The molecule has 1 N–H and O–H groups in total. The van der Waals surface area contributed by atoms with Gasteiger partial charge < -0.3 is 29.0 Å². The van der Waals surface area contributed by atoms with Crippen molar-refractivity contribution in [2.75, 3.05) is 46.2 Å². The second-order valence-corrected chi connectivity index (χ2v) is 10.4. The predicted molar refractivity (Wildman–Crippen MR) is 143 cm³/mol. The first kappa shape index (κ1) is 29.2. The van der Waals surface area contributed by atoms with Gasteiger partial charge in [0, 0.05) is 57.8 Å². The van der Waals surface area contributed by atoms with Crippen LogP contribution in [0.3, 0.4) is 0 Å². The van der Waals surface area contributed by atoms with Gasteiger partial charge in [0.25, 0.3) is 5.91 Å². The topological polar surface area (TPSA) is 80.7 Å². The van der Waals surface area contributed by atoms with Gasteiger partial charge in [-0.1, -0.05) is 18.2 Å². The number of benzene rings is 2. The van der Waals surface area contributed by atoms with Crippen molar-refractivity contribution in [2.24, 2.45) is 5.92 Å². The molecule has 8 nitrogen and oxygen atoms in total. The third-order valence-electron chi connectivity index (χ3n) is 7.75. The molecule has 0 aliphatic carbocycles. The van der Waals surface area contributed by atoms with Crippen LogP contribution in [-0.2, 0) is 27.0 Å². The fraction of sp³-hybridized carbons (Fsp3) is 0.500. The molecule has 3 aliphatic heterocycles. The number of piperazine rings is 1. The summed E-state index contributed by atoms with van der Waals surface area (Å²) in [5.41, 5.74) is 0.994. The summed E-state index contributed by atoms with van der Waals surface area (Å²) in [6.45, 7) is 5.40. The molecule has 1 saturated heterocycles. The minimum Gasteiger partial charge on any atom is -0.459 e. The Hall–Kier alpha value is -3.28. The van der Waals surface area contributed by atoms with Gasteiger partial charge in [0.2, 0.25) is 13.1 Å². The van der Waals surface area contributed by atoms with Gasteiger partial charge in [0.05, 0.1) is 5.56 Å². The number of carbonyl (C=O) groups is 1. The summed E-state index contributed by atoms with van der Waals surface area (Å²) in [5, 5.41) is 9.46. The van der Waals surface area contributed by atoms with E-state index in [1.165, 1.54) is 12.1 Å². The van der Waals surface area contributed by atoms with Crippen molar-refractivity contribution < 1.29 is 42.0 Å². The number of rotatable bonds is 9. The Morgan fingerprint density at radius 2 is 1.78 bits per heavy atom.